The molecule has 0 bridgehead atoms. The number of hydrogen-bond acceptors (Lipinski definition) is 4. The van der Waals surface area contributed by atoms with Gasteiger partial charge in [0.25, 0.3) is 5.91 Å². The average molecular weight is 319 g/mol. The summed E-state index contributed by atoms with van der Waals surface area (Å²) in [5, 5.41) is 0. The van der Waals surface area contributed by atoms with Gasteiger partial charge >= 0.3 is 0 Å². The summed E-state index contributed by atoms with van der Waals surface area (Å²) in [5.41, 5.74) is 1.52. The van der Waals surface area contributed by atoms with Gasteiger partial charge in [-0.1, -0.05) is 12.1 Å². The Labute approximate surface area is 137 Å². The van der Waals surface area contributed by atoms with E-state index in [1.165, 1.54) is 0 Å². The second-order valence-electron chi connectivity index (χ2n) is 6.38. The number of carbonyl (C=O) groups is 1. The molecule has 0 saturated carbocycles. The number of nitrogens with zero attached hydrogens (tertiary/aromatic N) is 1. The summed E-state index contributed by atoms with van der Waals surface area (Å²) in [6.07, 6.45) is 2.89. The second-order valence-corrected chi connectivity index (χ2v) is 6.38. The lowest BCUT2D eigenvalue weighted by Crippen LogP contribution is -2.57. The molecular formula is C18H25NO4. The minimum absolute atomic E-state index is 0.0511. The number of amides is 1. The topological polar surface area (TPSA) is 48.0 Å². The molecule has 5 heteroatoms. The minimum atomic E-state index is -0.191. The fraction of sp³-hybridized carbons (Fsp3) is 0.611. The highest BCUT2D eigenvalue weighted by atomic mass is 16.5. The molecule has 2 fully saturated rings. The molecule has 3 rings (SSSR count). The van der Waals surface area contributed by atoms with E-state index >= 15 is 0 Å². The van der Waals surface area contributed by atoms with E-state index in [1.807, 2.05) is 29.2 Å². The third-order valence-corrected chi connectivity index (χ3v) is 4.97. The Morgan fingerprint density at radius 3 is 2.96 bits per heavy atom. The fourth-order valence-electron chi connectivity index (χ4n) is 3.73. The molecule has 0 unspecified atom stereocenters. The van der Waals surface area contributed by atoms with E-state index in [9.17, 15) is 4.79 Å². The summed E-state index contributed by atoms with van der Waals surface area (Å²) in [5.74, 6) is 0.0536. The molecule has 1 amide bonds. The van der Waals surface area contributed by atoms with Crippen molar-refractivity contribution in [2.24, 2.45) is 0 Å². The molecule has 2 atom stereocenters. The van der Waals surface area contributed by atoms with Crippen molar-refractivity contribution in [2.45, 2.75) is 37.6 Å². The van der Waals surface area contributed by atoms with Crippen LogP contribution in [0.25, 0.3) is 0 Å². The molecule has 23 heavy (non-hydrogen) atoms. The van der Waals surface area contributed by atoms with Crippen molar-refractivity contribution in [2.75, 3.05) is 33.9 Å². The Hall–Kier alpha value is -1.43. The number of likely N-dealkylation sites (tertiary alicyclic amines) is 1. The highest BCUT2D eigenvalue weighted by Gasteiger charge is 2.47. The van der Waals surface area contributed by atoms with Gasteiger partial charge in [0.05, 0.1) is 12.2 Å². The highest BCUT2D eigenvalue weighted by Crippen LogP contribution is 2.37. The Morgan fingerprint density at radius 1 is 1.39 bits per heavy atom. The molecule has 2 saturated heterocycles. The van der Waals surface area contributed by atoms with E-state index < -0.39 is 0 Å². The summed E-state index contributed by atoms with van der Waals surface area (Å²) in [6.45, 7) is 2.61. The monoisotopic (exact) mass is 319 g/mol. The SMILES string of the molecule is COCc1cccc(C(=O)N2CC[C@@]3(CCCO3)[C@@H](OC)C2)c1. The van der Waals surface area contributed by atoms with Crippen molar-refractivity contribution in [3.63, 3.8) is 0 Å². The molecular weight excluding hydrogens is 294 g/mol. The van der Waals surface area contributed by atoms with Gasteiger partial charge < -0.3 is 19.1 Å². The van der Waals surface area contributed by atoms with Gasteiger partial charge in [-0.2, -0.15) is 0 Å². The van der Waals surface area contributed by atoms with Crippen LogP contribution in [0.2, 0.25) is 0 Å². The van der Waals surface area contributed by atoms with Crippen LogP contribution in [0.15, 0.2) is 24.3 Å². The van der Waals surface area contributed by atoms with Crippen molar-refractivity contribution in [3.05, 3.63) is 35.4 Å². The molecule has 1 aromatic carbocycles. The number of carbonyl (C=O) groups excluding carboxylic acids is 1. The first-order chi connectivity index (χ1) is 11.2. The fourth-order valence-corrected chi connectivity index (χ4v) is 3.73. The van der Waals surface area contributed by atoms with E-state index in [1.54, 1.807) is 14.2 Å². The van der Waals surface area contributed by atoms with Gasteiger partial charge in [-0.05, 0) is 37.0 Å². The number of methoxy groups -OCH3 is 2. The van der Waals surface area contributed by atoms with Crippen LogP contribution >= 0.6 is 0 Å². The molecule has 0 aromatic heterocycles. The normalized spacial score (nSPS) is 27.6. The van der Waals surface area contributed by atoms with Crippen LogP contribution in [0.5, 0.6) is 0 Å². The van der Waals surface area contributed by atoms with Gasteiger partial charge in [0.1, 0.15) is 6.10 Å². The quantitative estimate of drug-likeness (QED) is 0.854. The van der Waals surface area contributed by atoms with E-state index in [2.05, 4.69) is 0 Å². The van der Waals surface area contributed by atoms with Crippen LogP contribution in [0, 0.1) is 0 Å². The molecule has 2 aliphatic rings. The van der Waals surface area contributed by atoms with Gasteiger partial charge in [0.2, 0.25) is 0 Å². The van der Waals surface area contributed by atoms with Crippen molar-refractivity contribution < 1.29 is 19.0 Å². The first kappa shape index (κ1) is 16.4. The maximum atomic E-state index is 12.8. The Morgan fingerprint density at radius 2 is 2.26 bits per heavy atom. The first-order valence-corrected chi connectivity index (χ1v) is 8.22. The van der Waals surface area contributed by atoms with Gasteiger partial charge in [0.15, 0.2) is 0 Å². The van der Waals surface area contributed by atoms with Gasteiger partial charge in [0, 0.05) is 39.5 Å². The molecule has 5 nitrogen and oxygen atoms in total. The van der Waals surface area contributed by atoms with E-state index in [4.69, 9.17) is 14.2 Å². The van der Waals surface area contributed by atoms with Crippen LogP contribution in [0.3, 0.4) is 0 Å². The molecule has 1 spiro atoms. The number of piperidine rings is 1. The molecule has 0 N–H and O–H groups in total. The van der Waals surface area contributed by atoms with Gasteiger partial charge in [-0.25, -0.2) is 0 Å². The van der Waals surface area contributed by atoms with Crippen molar-refractivity contribution in [1.82, 2.24) is 4.90 Å². The molecule has 2 heterocycles. The Kier molecular flexibility index (Phi) is 4.99. The largest absolute Gasteiger partial charge is 0.380 e. The minimum Gasteiger partial charge on any atom is -0.380 e. The lowest BCUT2D eigenvalue weighted by atomic mass is 9.85. The van der Waals surface area contributed by atoms with Crippen LogP contribution in [0.4, 0.5) is 0 Å². The van der Waals surface area contributed by atoms with Crippen LogP contribution in [-0.4, -0.2) is 56.4 Å². The van der Waals surface area contributed by atoms with Crippen LogP contribution in [-0.2, 0) is 20.8 Å². The molecule has 1 aromatic rings. The van der Waals surface area contributed by atoms with Crippen LogP contribution < -0.4 is 0 Å². The molecule has 2 aliphatic heterocycles. The number of ether oxygens (including phenoxy) is 3. The lowest BCUT2D eigenvalue weighted by molar-refractivity contribution is -0.136. The standard InChI is InChI=1S/C18H25NO4/c1-21-13-14-5-3-6-15(11-14)17(20)19-9-8-18(7-4-10-23-18)16(12-19)22-2/h3,5-6,11,16H,4,7-10,12-13H2,1-2H3/t16-,18-/m0/s1. The number of rotatable bonds is 4. The number of benzene rings is 1. The number of hydrogen-bond donors (Lipinski definition) is 0. The van der Waals surface area contributed by atoms with E-state index in [0.29, 0.717) is 25.3 Å². The first-order valence-electron chi connectivity index (χ1n) is 8.22. The van der Waals surface area contributed by atoms with E-state index in [-0.39, 0.29) is 17.6 Å². The molecule has 0 radical (unpaired) electrons. The zero-order valence-corrected chi connectivity index (χ0v) is 13.9. The van der Waals surface area contributed by atoms with Crippen LogP contribution in [0.1, 0.15) is 35.2 Å². The molecule has 0 aliphatic carbocycles. The predicted octanol–water partition coefficient (Wildman–Crippen LogP) is 2.24. The van der Waals surface area contributed by atoms with Crippen molar-refractivity contribution >= 4 is 5.91 Å². The summed E-state index contributed by atoms with van der Waals surface area (Å²) in [4.78, 5) is 14.7. The maximum Gasteiger partial charge on any atom is 0.253 e. The maximum absolute atomic E-state index is 12.8. The highest BCUT2D eigenvalue weighted by molar-refractivity contribution is 5.94. The predicted molar refractivity (Wildman–Crippen MR) is 86.4 cm³/mol. The molecule has 126 valence electrons. The smallest absolute Gasteiger partial charge is 0.253 e. The lowest BCUT2D eigenvalue weighted by Gasteiger charge is -2.44. The third kappa shape index (κ3) is 3.27. The second kappa shape index (κ2) is 6.99. The van der Waals surface area contributed by atoms with Crippen molar-refractivity contribution in [3.8, 4) is 0 Å². The summed E-state index contributed by atoms with van der Waals surface area (Å²) in [6, 6.07) is 7.64. The zero-order chi connectivity index (χ0) is 16.3. The van der Waals surface area contributed by atoms with Gasteiger partial charge in [-0.15, -0.1) is 0 Å². The zero-order valence-electron chi connectivity index (χ0n) is 13.9. The third-order valence-electron chi connectivity index (χ3n) is 4.97. The van der Waals surface area contributed by atoms with Gasteiger partial charge in [-0.3, -0.25) is 4.79 Å². The Bertz CT molecular complexity index is 554. The summed E-state index contributed by atoms with van der Waals surface area (Å²) in [7, 11) is 3.37. The average Bonchev–Trinajstić information content (AvgIpc) is 3.04. The summed E-state index contributed by atoms with van der Waals surface area (Å²) < 4.78 is 16.8. The van der Waals surface area contributed by atoms with Crippen molar-refractivity contribution in [1.29, 1.82) is 0 Å². The Balaban J connectivity index is 1.72. The summed E-state index contributed by atoms with van der Waals surface area (Å²) >= 11 is 0. The van der Waals surface area contributed by atoms with E-state index in [0.717, 1.165) is 31.4 Å².